The van der Waals surface area contributed by atoms with Crippen LogP contribution < -0.4 is 5.56 Å². The van der Waals surface area contributed by atoms with E-state index in [1.165, 1.54) is 4.57 Å². The first kappa shape index (κ1) is 13.8. The molecule has 6 heteroatoms. The average Bonchev–Trinajstić information content (AvgIpc) is 2.63. The lowest BCUT2D eigenvalue weighted by Gasteiger charge is -2.43. The molecule has 0 aromatic carbocycles. The number of carbonyl (C=O) groups is 1. The molecule has 20 heavy (non-hydrogen) atoms. The van der Waals surface area contributed by atoms with E-state index in [0.29, 0.717) is 22.2 Å². The van der Waals surface area contributed by atoms with Gasteiger partial charge in [0.2, 0.25) is 0 Å². The van der Waals surface area contributed by atoms with Crippen LogP contribution >= 0.6 is 15.9 Å². The summed E-state index contributed by atoms with van der Waals surface area (Å²) in [5.41, 5.74) is -0.148. The normalized spacial score (nSPS) is 29.1. The number of halogens is 1. The molecule has 1 amide bonds. The highest BCUT2D eigenvalue weighted by Gasteiger charge is 2.55. The Labute approximate surface area is 125 Å². The molecule has 0 bridgehead atoms. The van der Waals surface area contributed by atoms with Crippen LogP contribution in [0.2, 0.25) is 0 Å². The van der Waals surface area contributed by atoms with Gasteiger partial charge in [0.05, 0.1) is 4.47 Å². The Morgan fingerprint density at radius 2 is 2.10 bits per heavy atom. The van der Waals surface area contributed by atoms with E-state index in [-0.39, 0.29) is 11.5 Å². The minimum atomic E-state index is -0.920. The fourth-order valence-electron chi connectivity index (χ4n) is 3.67. The Morgan fingerprint density at radius 3 is 2.75 bits per heavy atom. The first-order valence-electron chi connectivity index (χ1n) is 6.87. The van der Waals surface area contributed by atoms with Crippen LogP contribution in [0, 0.1) is 12.8 Å². The summed E-state index contributed by atoms with van der Waals surface area (Å²) in [6.45, 7) is 3.78. The third kappa shape index (κ3) is 1.52. The van der Waals surface area contributed by atoms with Crippen molar-refractivity contribution in [3.05, 3.63) is 32.2 Å². The zero-order valence-electron chi connectivity index (χ0n) is 11.5. The lowest BCUT2D eigenvalue weighted by atomic mass is 9.80. The second kappa shape index (κ2) is 4.43. The highest BCUT2D eigenvalue weighted by atomic mass is 79.9. The Bertz CT molecular complexity index is 655. The minimum absolute atomic E-state index is 0.0397. The zero-order chi connectivity index (χ0) is 14.7. The van der Waals surface area contributed by atoms with E-state index in [1.54, 1.807) is 13.0 Å². The first-order chi connectivity index (χ1) is 9.41. The molecule has 1 spiro atoms. The summed E-state index contributed by atoms with van der Waals surface area (Å²) in [5, 5.41) is 11.2. The Balaban J connectivity index is 2.37. The summed E-state index contributed by atoms with van der Waals surface area (Å²) in [7, 11) is 0. The molecule has 2 heterocycles. The van der Waals surface area contributed by atoms with Crippen LogP contribution in [-0.4, -0.2) is 20.7 Å². The summed E-state index contributed by atoms with van der Waals surface area (Å²) in [4.78, 5) is 24.9. The van der Waals surface area contributed by atoms with Crippen molar-refractivity contribution in [3.8, 4) is 0 Å². The zero-order valence-corrected chi connectivity index (χ0v) is 13.1. The van der Waals surface area contributed by atoms with Crippen LogP contribution in [-0.2, 0) is 5.66 Å². The van der Waals surface area contributed by atoms with E-state index < -0.39 is 11.6 Å². The molecule has 3 rings (SSSR count). The summed E-state index contributed by atoms with van der Waals surface area (Å²) in [6.07, 6.45) is 3.45. The summed E-state index contributed by atoms with van der Waals surface area (Å²) < 4.78 is 1.94. The van der Waals surface area contributed by atoms with Gasteiger partial charge >= 0.3 is 0 Å². The van der Waals surface area contributed by atoms with Crippen molar-refractivity contribution < 1.29 is 10.0 Å². The van der Waals surface area contributed by atoms with Gasteiger partial charge in [0.1, 0.15) is 5.69 Å². The molecule has 2 aliphatic rings. The molecule has 1 aliphatic heterocycles. The summed E-state index contributed by atoms with van der Waals surface area (Å²) >= 11 is 3.26. The minimum Gasteiger partial charge on any atom is -0.283 e. The maximum Gasteiger partial charge on any atom is 0.296 e. The van der Waals surface area contributed by atoms with Gasteiger partial charge in [-0.25, -0.2) is 0 Å². The lowest BCUT2D eigenvalue weighted by Crippen LogP contribution is -2.54. The predicted octanol–water partition coefficient (Wildman–Crippen LogP) is 2.63. The lowest BCUT2D eigenvalue weighted by molar-refractivity contribution is -0.188. The molecular weight excluding hydrogens is 324 g/mol. The molecule has 2 unspecified atom stereocenters. The monoisotopic (exact) mass is 340 g/mol. The third-order valence-electron chi connectivity index (χ3n) is 4.72. The molecule has 1 fully saturated rings. The molecule has 0 radical (unpaired) electrons. The van der Waals surface area contributed by atoms with Crippen molar-refractivity contribution in [2.75, 3.05) is 0 Å². The fraction of sp³-hybridized carbons (Fsp3) is 0.571. The van der Waals surface area contributed by atoms with Gasteiger partial charge in [0, 0.05) is 5.92 Å². The molecule has 2 atom stereocenters. The van der Waals surface area contributed by atoms with Crippen molar-refractivity contribution in [1.82, 2.24) is 9.63 Å². The van der Waals surface area contributed by atoms with Crippen molar-refractivity contribution in [2.24, 2.45) is 5.92 Å². The molecule has 1 aliphatic carbocycles. The number of rotatable bonds is 0. The van der Waals surface area contributed by atoms with Crippen molar-refractivity contribution in [1.29, 1.82) is 0 Å². The van der Waals surface area contributed by atoms with Gasteiger partial charge < -0.3 is 0 Å². The molecule has 1 aromatic heterocycles. The molecule has 1 saturated carbocycles. The third-order valence-corrected chi connectivity index (χ3v) is 5.29. The van der Waals surface area contributed by atoms with Crippen molar-refractivity contribution in [2.45, 2.75) is 45.2 Å². The highest BCUT2D eigenvalue weighted by molar-refractivity contribution is 9.10. The van der Waals surface area contributed by atoms with Crippen molar-refractivity contribution in [3.63, 3.8) is 0 Å². The predicted molar refractivity (Wildman–Crippen MR) is 76.7 cm³/mol. The van der Waals surface area contributed by atoms with Gasteiger partial charge in [-0.3, -0.25) is 19.4 Å². The SMILES string of the molecule is Cc1cc(Br)c(=O)n2c1C(=O)N(O)C21CCCCC1C. The standard InChI is InChI=1S/C14H17BrN2O3/c1-8-7-10(15)12(18)16-11(8)13(19)17(20)14(16)6-4-3-5-9(14)2/h7,9,20H,3-6H2,1-2H3. The van der Waals surface area contributed by atoms with Crippen LogP contribution in [0.3, 0.4) is 0 Å². The van der Waals surface area contributed by atoms with Crippen LogP contribution in [0.4, 0.5) is 0 Å². The molecule has 5 nitrogen and oxygen atoms in total. The van der Waals surface area contributed by atoms with Gasteiger partial charge in [-0.05, 0) is 53.7 Å². The number of nitrogens with zero attached hydrogens (tertiary/aromatic N) is 2. The molecular formula is C14H17BrN2O3. The molecule has 1 aromatic rings. The van der Waals surface area contributed by atoms with Gasteiger partial charge in [0.25, 0.3) is 11.5 Å². The maximum absolute atomic E-state index is 12.5. The van der Waals surface area contributed by atoms with E-state index in [9.17, 15) is 14.8 Å². The fourth-order valence-corrected chi connectivity index (χ4v) is 4.19. The van der Waals surface area contributed by atoms with E-state index >= 15 is 0 Å². The highest BCUT2D eigenvalue weighted by Crippen LogP contribution is 2.46. The summed E-state index contributed by atoms with van der Waals surface area (Å²) in [5.74, 6) is -0.432. The number of hydrogen-bond donors (Lipinski definition) is 1. The smallest absolute Gasteiger partial charge is 0.283 e. The Kier molecular flexibility index (Phi) is 3.06. The Morgan fingerprint density at radius 1 is 1.40 bits per heavy atom. The average molecular weight is 341 g/mol. The number of amides is 1. The topological polar surface area (TPSA) is 62.5 Å². The second-order valence-electron chi connectivity index (χ2n) is 5.81. The van der Waals surface area contributed by atoms with E-state index in [4.69, 9.17) is 0 Å². The largest absolute Gasteiger partial charge is 0.296 e. The van der Waals surface area contributed by atoms with Gasteiger partial charge in [0.15, 0.2) is 5.66 Å². The number of aromatic nitrogens is 1. The van der Waals surface area contributed by atoms with E-state index in [2.05, 4.69) is 15.9 Å². The molecule has 0 saturated heterocycles. The number of aryl methyl sites for hydroxylation is 1. The number of hydrogen-bond acceptors (Lipinski definition) is 3. The van der Waals surface area contributed by atoms with Crippen LogP contribution in [0.5, 0.6) is 0 Å². The summed E-state index contributed by atoms with van der Waals surface area (Å²) in [6, 6.07) is 1.65. The molecule has 108 valence electrons. The van der Waals surface area contributed by atoms with E-state index in [1.807, 2.05) is 6.92 Å². The van der Waals surface area contributed by atoms with Gasteiger partial charge in [-0.2, -0.15) is 5.06 Å². The van der Waals surface area contributed by atoms with E-state index in [0.717, 1.165) is 24.3 Å². The number of carbonyl (C=O) groups excluding carboxylic acids is 1. The number of pyridine rings is 1. The number of fused-ring (bicyclic) bond motifs is 2. The van der Waals surface area contributed by atoms with Crippen LogP contribution in [0.25, 0.3) is 0 Å². The molecule has 1 N–H and O–H groups in total. The number of hydroxylamine groups is 2. The van der Waals surface area contributed by atoms with Crippen LogP contribution in [0.15, 0.2) is 15.3 Å². The Hall–Kier alpha value is -1.14. The van der Waals surface area contributed by atoms with Crippen molar-refractivity contribution >= 4 is 21.8 Å². The van der Waals surface area contributed by atoms with Gasteiger partial charge in [-0.15, -0.1) is 0 Å². The second-order valence-corrected chi connectivity index (χ2v) is 6.66. The first-order valence-corrected chi connectivity index (χ1v) is 7.66. The van der Waals surface area contributed by atoms with Crippen LogP contribution in [0.1, 0.15) is 48.7 Å². The van der Waals surface area contributed by atoms with Gasteiger partial charge in [-0.1, -0.05) is 13.3 Å². The quantitative estimate of drug-likeness (QED) is 0.738. The maximum atomic E-state index is 12.5.